The predicted molar refractivity (Wildman–Crippen MR) is 29.9 cm³/mol. The Balaban J connectivity index is 3.67. The largest absolute Gasteiger partial charge is 0.226 e. The molecule has 0 aromatic carbocycles. The van der Waals surface area contributed by atoms with Gasteiger partial charge in [0, 0.05) is 0 Å². The summed E-state index contributed by atoms with van der Waals surface area (Å²) in [5, 5.41) is 6.27. The van der Waals surface area contributed by atoms with Crippen molar-refractivity contribution in [1.29, 1.82) is 0 Å². The lowest BCUT2D eigenvalue weighted by molar-refractivity contribution is 0.616. The Morgan fingerprint density at radius 2 is 1.88 bits per heavy atom. The van der Waals surface area contributed by atoms with Gasteiger partial charge in [0.1, 0.15) is 0 Å². The molecule has 0 aliphatic heterocycles. The SMILES string of the molecule is C=C(C)N=NC(=C)F. The van der Waals surface area contributed by atoms with E-state index < -0.39 is 5.95 Å². The van der Waals surface area contributed by atoms with Gasteiger partial charge in [-0.2, -0.15) is 9.50 Å². The number of hydrogen-bond donors (Lipinski definition) is 0. The molecule has 0 saturated heterocycles. The Labute approximate surface area is 47.4 Å². The maximum absolute atomic E-state index is 11.6. The highest BCUT2D eigenvalue weighted by Gasteiger charge is 1.78. The van der Waals surface area contributed by atoms with Crippen molar-refractivity contribution in [2.75, 3.05) is 0 Å². The van der Waals surface area contributed by atoms with Crippen LogP contribution in [0.25, 0.3) is 0 Å². The fourth-order valence-electron chi connectivity index (χ4n) is 0.140. The zero-order valence-corrected chi connectivity index (χ0v) is 4.69. The van der Waals surface area contributed by atoms with Crippen LogP contribution in [0.3, 0.4) is 0 Å². The maximum Gasteiger partial charge on any atom is 0.226 e. The van der Waals surface area contributed by atoms with Crippen molar-refractivity contribution in [3.63, 3.8) is 0 Å². The molecule has 0 aliphatic rings. The molecule has 0 aromatic heterocycles. The number of nitrogens with zero attached hydrogens (tertiary/aromatic N) is 2. The van der Waals surface area contributed by atoms with Gasteiger partial charge in [-0.25, -0.2) is 0 Å². The Hall–Kier alpha value is -0.990. The second kappa shape index (κ2) is 3.07. The van der Waals surface area contributed by atoms with Crippen molar-refractivity contribution in [2.24, 2.45) is 10.2 Å². The molecule has 0 unspecified atom stereocenters. The first-order valence-corrected chi connectivity index (χ1v) is 2.04. The Morgan fingerprint density at radius 1 is 1.38 bits per heavy atom. The summed E-state index contributed by atoms with van der Waals surface area (Å²) in [6.07, 6.45) is 0. The second-order valence-corrected chi connectivity index (χ2v) is 1.31. The third-order valence-electron chi connectivity index (χ3n) is 0.329. The predicted octanol–water partition coefficient (Wildman–Crippen LogP) is 2.41. The van der Waals surface area contributed by atoms with E-state index in [1.54, 1.807) is 6.92 Å². The number of halogens is 1. The summed E-state index contributed by atoms with van der Waals surface area (Å²) in [5.41, 5.74) is 0.462. The Bertz CT molecular complexity index is 121. The van der Waals surface area contributed by atoms with Gasteiger partial charge in [0.25, 0.3) is 0 Å². The van der Waals surface area contributed by atoms with Gasteiger partial charge in [0.2, 0.25) is 5.95 Å². The molecular formula is C5H7FN2. The summed E-state index contributed by atoms with van der Waals surface area (Å²) in [7, 11) is 0. The van der Waals surface area contributed by atoms with Gasteiger partial charge in [-0.1, -0.05) is 6.58 Å². The second-order valence-electron chi connectivity index (χ2n) is 1.31. The average Bonchev–Trinajstić information content (AvgIpc) is 1.61. The summed E-state index contributed by atoms with van der Waals surface area (Å²) in [6.45, 7) is 7.84. The third-order valence-corrected chi connectivity index (χ3v) is 0.329. The molecule has 8 heavy (non-hydrogen) atoms. The number of rotatable bonds is 2. The number of hydrogen-bond acceptors (Lipinski definition) is 2. The van der Waals surface area contributed by atoms with Gasteiger partial charge in [-0.15, -0.1) is 5.11 Å². The van der Waals surface area contributed by atoms with E-state index in [0.717, 1.165) is 0 Å². The average molecular weight is 114 g/mol. The van der Waals surface area contributed by atoms with E-state index in [2.05, 4.69) is 23.4 Å². The van der Waals surface area contributed by atoms with Crippen molar-refractivity contribution < 1.29 is 4.39 Å². The minimum absolute atomic E-state index is 0.462. The van der Waals surface area contributed by atoms with Crippen LogP contribution in [0.1, 0.15) is 6.92 Å². The minimum atomic E-state index is -0.798. The van der Waals surface area contributed by atoms with E-state index in [9.17, 15) is 4.39 Å². The molecule has 0 spiro atoms. The molecule has 0 N–H and O–H groups in total. The molecule has 0 heterocycles. The number of azo groups is 1. The van der Waals surface area contributed by atoms with Crippen LogP contribution in [0, 0.1) is 0 Å². The van der Waals surface area contributed by atoms with E-state index in [-0.39, 0.29) is 0 Å². The van der Waals surface area contributed by atoms with Crippen LogP contribution in [0.4, 0.5) is 4.39 Å². The van der Waals surface area contributed by atoms with Gasteiger partial charge in [-0.3, -0.25) is 0 Å². The molecule has 0 radical (unpaired) electrons. The van der Waals surface area contributed by atoms with Crippen LogP contribution in [-0.2, 0) is 0 Å². The summed E-state index contributed by atoms with van der Waals surface area (Å²) >= 11 is 0. The van der Waals surface area contributed by atoms with Gasteiger partial charge < -0.3 is 0 Å². The van der Waals surface area contributed by atoms with Crippen LogP contribution < -0.4 is 0 Å². The zero-order valence-electron chi connectivity index (χ0n) is 4.69. The third kappa shape index (κ3) is 5.01. The highest BCUT2D eigenvalue weighted by Crippen LogP contribution is 1.97. The van der Waals surface area contributed by atoms with Crippen molar-refractivity contribution in [3.8, 4) is 0 Å². The van der Waals surface area contributed by atoms with Crippen LogP contribution in [0.5, 0.6) is 0 Å². The van der Waals surface area contributed by atoms with E-state index in [1.165, 1.54) is 0 Å². The van der Waals surface area contributed by atoms with E-state index in [0.29, 0.717) is 5.70 Å². The molecule has 3 heteroatoms. The summed E-state index contributed by atoms with van der Waals surface area (Å²) in [5.74, 6) is -0.798. The zero-order chi connectivity index (χ0) is 6.57. The Morgan fingerprint density at radius 3 is 2.00 bits per heavy atom. The van der Waals surface area contributed by atoms with Gasteiger partial charge in [0.15, 0.2) is 0 Å². The molecule has 0 atom stereocenters. The topological polar surface area (TPSA) is 24.7 Å². The lowest BCUT2D eigenvalue weighted by atomic mass is 10.6. The summed E-state index contributed by atoms with van der Waals surface area (Å²) in [4.78, 5) is 0. The first kappa shape index (κ1) is 7.01. The highest BCUT2D eigenvalue weighted by atomic mass is 19.1. The van der Waals surface area contributed by atoms with Gasteiger partial charge in [-0.05, 0) is 13.5 Å². The Kier molecular flexibility index (Phi) is 2.69. The molecule has 0 fully saturated rings. The summed E-state index contributed by atoms with van der Waals surface area (Å²) < 4.78 is 11.6. The first-order chi connectivity index (χ1) is 3.63. The van der Waals surface area contributed by atoms with E-state index in [4.69, 9.17) is 0 Å². The van der Waals surface area contributed by atoms with Crippen LogP contribution in [-0.4, -0.2) is 0 Å². The van der Waals surface area contributed by atoms with E-state index >= 15 is 0 Å². The smallest absolute Gasteiger partial charge is 0.184 e. The normalized spacial score (nSPS) is 9.75. The van der Waals surface area contributed by atoms with Crippen LogP contribution in [0.2, 0.25) is 0 Å². The minimum Gasteiger partial charge on any atom is -0.184 e. The number of allylic oxidation sites excluding steroid dienone is 1. The van der Waals surface area contributed by atoms with E-state index in [1.807, 2.05) is 0 Å². The highest BCUT2D eigenvalue weighted by molar-refractivity contribution is 4.85. The van der Waals surface area contributed by atoms with Gasteiger partial charge in [0.05, 0.1) is 5.70 Å². The quantitative estimate of drug-likeness (QED) is 0.389. The molecular weight excluding hydrogens is 107 g/mol. The van der Waals surface area contributed by atoms with Crippen LogP contribution >= 0.6 is 0 Å². The van der Waals surface area contributed by atoms with Crippen molar-refractivity contribution >= 4 is 0 Å². The van der Waals surface area contributed by atoms with Gasteiger partial charge >= 0.3 is 0 Å². The molecule has 0 rings (SSSR count). The lowest BCUT2D eigenvalue weighted by Gasteiger charge is -1.80. The van der Waals surface area contributed by atoms with Crippen molar-refractivity contribution in [1.82, 2.24) is 0 Å². The molecule has 0 aromatic rings. The summed E-state index contributed by atoms with van der Waals surface area (Å²) in [6, 6.07) is 0. The fraction of sp³-hybridized carbons (Fsp3) is 0.200. The molecule has 0 bridgehead atoms. The fourth-order valence-corrected chi connectivity index (χ4v) is 0.140. The molecule has 44 valence electrons. The monoisotopic (exact) mass is 114 g/mol. The first-order valence-electron chi connectivity index (χ1n) is 2.04. The van der Waals surface area contributed by atoms with Crippen molar-refractivity contribution in [2.45, 2.75) is 6.92 Å². The van der Waals surface area contributed by atoms with Crippen LogP contribution in [0.15, 0.2) is 35.0 Å². The molecule has 0 aliphatic carbocycles. The lowest BCUT2D eigenvalue weighted by Crippen LogP contribution is -1.60. The molecule has 0 saturated carbocycles. The molecule has 2 nitrogen and oxygen atoms in total. The standard InChI is InChI=1S/C5H7FN2/c1-4(2)7-8-5(3)6/h1,3H2,2H3. The maximum atomic E-state index is 11.6. The van der Waals surface area contributed by atoms with Crippen molar-refractivity contribution in [3.05, 3.63) is 24.8 Å². The molecule has 0 amide bonds.